The van der Waals surface area contributed by atoms with Crippen LogP contribution in [0.5, 0.6) is 0 Å². The zero-order chi connectivity index (χ0) is 16.1. The van der Waals surface area contributed by atoms with Gasteiger partial charge in [-0.05, 0) is 19.1 Å². The van der Waals surface area contributed by atoms with Crippen LogP contribution in [0.25, 0.3) is 11.0 Å². The van der Waals surface area contributed by atoms with Crippen molar-refractivity contribution < 1.29 is 9.59 Å². The van der Waals surface area contributed by atoms with Gasteiger partial charge in [0.1, 0.15) is 0 Å². The Morgan fingerprint density at radius 1 is 1.09 bits per heavy atom. The molecule has 1 aromatic carbocycles. The Hall–Kier alpha value is -2.57. The Balaban J connectivity index is 2.00. The molecule has 1 aromatic heterocycles. The largest absolute Gasteiger partial charge is 0.355 e. The summed E-state index contributed by atoms with van der Waals surface area (Å²) in [5.41, 5.74) is 1.47. The second-order valence-electron chi connectivity index (χ2n) is 4.96. The van der Waals surface area contributed by atoms with Crippen molar-refractivity contribution in [3.63, 3.8) is 0 Å². The van der Waals surface area contributed by atoms with Crippen LogP contribution < -0.4 is 16.3 Å². The number of carbonyl (C=O) groups excluding carboxylic acids is 2. The van der Waals surface area contributed by atoms with Crippen LogP contribution in [-0.2, 0) is 23.2 Å². The molecule has 2 aromatic rings. The highest BCUT2D eigenvalue weighted by atomic mass is 16.2. The second-order valence-corrected chi connectivity index (χ2v) is 4.96. The number of benzene rings is 1. The maximum absolute atomic E-state index is 12.2. The zero-order valence-electron chi connectivity index (χ0n) is 12.8. The molecule has 2 N–H and O–H groups in total. The number of aryl methyl sites for hydroxylation is 2. The van der Waals surface area contributed by atoms with Crippen LogP contribution in [0.4, 0.5) is 0 Å². The molecule has 0 radical (unpaired) electrons. The first kappa shape index (κ1) is 15.8. The molecule has 0 saturated carbocycles. The highest BCUT2D eigenvalue weighted by molar-refractivity contribution is 5.84. The van der Waals surface area contributed by atoms with Gasteiger partial charge in [-0.2, -0.15) is 0 Å². The third-order valence-corrected chi connectivity index (χ3v) is 3.43. The average molecular weight is 304 g/mol. The van der Waals surface area contributed by atoms with Gasteiger partial charge in [-0.25, -0.2) is 4.79 Å². The Labute approximate surface area is 127 Å². The number of fused-ring (bicyclic) bond motifs is 1. The van der Waals surface area contributed by atoms with Crippen LogP contribution in [0.2, 0.25) is 0 Å². The van der Waals surface area contributed by atoms with Gasteiger partial charge in [0.2, 0.25) is 11.8 Å². The van der Waals surface area contributed by atoms with Crippen LogP contribution in [0.15, 0.2) is 29.1 Å². The maximum Gasteiger partial charge on any atom is 0.328 e. The van der Waals surface area contributed by atoms with Crippen LogP contribution in [0.3, 0.4) is 0 Å². The molecule has 0 fully saturated rings. The Bertz CT molecular complexity index is 745. The van der Waals surface area contributed by atoms with Crippen molar-refractivity contribution in [3.8, 4) is 0 Å². The van der Waals surface area contributed by atoms with E-state index in [9.17, 15) is 14.4 Å². The number of nitrogens with one attached hydrogen (secondary N) is 2. The Kier molecular flexibility index (Phi) is 4.98. The van der Waals surface area contributed by atoms with Crippen LogP contribution in [0, 0.1) is 0 Å². The SMILES string of the molecule is CCNC(=O)CNC(=O)CCn1c(=O)n(C)c2ccccc21. The van der Waals surface area contributed by atoms with Gasteiger partial charge in [-0.1, -0.05) is 12.1 Å². The molecule has 0 aliphatic heterocycles. The summed E-state index contributed by atoms with van der Waals surface area (Å²) < 4.78 is 3.13. The lowest BCUT2D eigenvalue weighted by Gasteiger charge is -2.06. The molecule has 0 bridgehead atoms. The second kappa shape index (κ2) is 6.93. The van der Waals surface area contributed by atoms with Gasteiger partial charge in [-0.15, -0.1) is 0 Å². The fourth-order valence-electron chi connectivity index (χ4n) is 2.32. The third-order valence-electron chi connectivity index (χ3n) is 3.43. The lowest BCUT2D eigenvalue weighted by molar-refractivity contribution is -0.126. The van der Waals surface area contributed by atoms with Crippen molar-refractivity contribution in [2.24, 2.45) is 7.05 Å². The number of hydrogen-bond acceptors (Lipinski definition) is 3. The molecule has 1 heterocycles. The van der Waals surface area contributed by atoms with Gasteiger partial charge in [-0.3, -0.25) is 18.7 Å². The number of imidazole rings is 1. The minimum atomic E-state index is -0.258. The van der Waals surface area contributed by atoms with E-state index in [-0.39, 0.29) is 37.0 Å². The molecule has 0 spiro atoms. The quantitative estimate of drug-likeness (QED) is 0.786. The molecule has 0 saturated heterocycles. The first-order valence-electron chi connectivity index (χ1n) is 7.22. The van der Waals surface area contributed by atoms with Crippen LogP contribution >= 0.6 is 0 Å². The van der Waals surface area contributed by atoms with Gasteiger partial charge in [0.05, 0.1) is 17.6 Å². The summed E-state index contributed by atoms with van der Waals surface area (Å²) >= 11 is 0. The summed E-state index contributed by atoms with van der Waals surface area (Å²) in [6.07, 6.45) is 0.146. The minimum Gasteiger partial charge on any atom is -0.355 e. The number of likely N-dealkylation sites (N-methyl/N-ethyl adjacent to an activating group) is 1. The van der Waals surface area contributed by atoms with Crippen molar-refractivity contribution in [3.05, 3.63) is 34.7 Å². The molecule has 118 valence electrons. The van der Waals surface area contributed by atoms with E-state index in [4.69, 9.17) is 0 Å². The van der Waals surface area contributed by atoms with Gasteiger partial charge in [0.15, 0.2) is 0 Å². The molecule has 22 heavy (non-hydrogen) atoms. The molecule has 2 amide bonds. The van der Waals surface area contributed by atoms with Gasteiger partial charge in [0.25, 0.3) is 0 Å². The van der Waals surface area contributed by atoms with E-state index in [0.29, 0.717) is 6.54 Å². The molecule has 0 aliphatic rings. The van der Waals surface area contributed by atoms with Crippen molar-refractivity contribution in [2.45, 2.75) is 19.9 Å². The Morgan fingerprint density at radius 2 is 1.77 bits per heavy atom. The van der Waals surface area contributed by atoms with Gasteiger partial charge in [0, 0.05) is 26.6 Å². The molecule has 0 atom stereocenters. The molecule has 7 heteroatoms. The van der Waals surface area contributed by atoms with Crippen molar-refractivity contribution in [1.29, 1.82) is 0 Å². The summed E-state index contributed by atoms with van der Waals surface area (Å²) in [5.74, 6) is -0.482. The summed E-state index contributed by atoms with van der Waals surface area (Å²) in [4.78, 5) is 35.2. The fourth-order valence-corrected chi connectivity index (χ4v) is 2.32. The number of carbonyl (C=O) groups is 2. The molecule has 0 unspecified atom stereocenters. The topological polar surface area (TPSA) is 85.1 Å². The minimum absolute atomic E-state index is 0.0445. The van der Waals surface area contributed by atoms with E-state index >= 15 is 0 Å². The smallest absolute Gasteiger partial charge is 0.328 e. The maximum atomic E-state index is 12.2. The number of para-hydroxylation sites is 2. The van der Waals surface area contributed by atoms with E-state index < -0.39 is 0 Å². The van der Waals surface area contributed by atoms with E-state index in [2.05, 4.69) is 10.6 Å². The molecular weight excluding hydrogens is 284 g/mol. The van der Waals surface area contributed by atoms with Crippen LogP contribution in [0.1, 0.15) is 13.3 Å². The van der Waals surface area contributed by atoms with Crippen molar-refractivity contribution in [1.82, 2.24) is 19.8 Å². The average Bonchev–Trinajstić information content (AvgIpc) is 2.76. The first-order valence-corrected chi connectivity index (χ1v) is 7.22. The van der Waals surface area contributed by atoms with E-state index in [1.165, 1.54) is 0 Å². The summed E-state index contributed by atoms with van der Waals surface area (Å²) in [5, 5.41) is 5.14. The summed E-state index contributed by atoms with van der Waals surface area (Å²) in [6, 6.07) is 7.43. The zero-order valence-corrected chi connectivity index (χ0v) is 12.8. The first-order chi connectivity index (χ1) is 10.5. The monoisotopic (exact) mass is 304 g/mol. The number of nitrogens with zero attached hydrogens (tertiary/aromatic N) is 2. The lowest BCUT2D eigenvalue weighted by Crippen LogP contribution is -2.37. The molecule has 2 rings (SSSR count). The lowest BCUT2D eigenvalue weighted by atomic mass is 10.3. The number of hydrogen-bond donors (Lipinski definition) is 2. The molecule has 0 aliphatic carbocycles. The summed E-state index contributed by atoms with van der Waals surface area (Å²) in [7, 11) is 1.70. The third kappa shape index (κ3) is 3.36. The van der Waals surface area contributed by atoms with Gasteiger partial charge < -0.3 is 10.6 Å². The van der Waals surface area contributed by atoms with Gasteiger partial charge >= 0.3 is 5.69 Å². The summed E-state index contributed by atoms with van der Waals surface area (Å²) in [6.45, 7) is 2.57. The fraction of sp³-hybridized carbons (Fsp3) is 0.400. The predicted molar refractivity (Wildman–Crippen MR) is 83.5 cm³/mol. The molecular formula is C15H20N4O3. The number of aromatic nitrogens is 2. The van der Waals surface area contributed by atoms with E-state index in [0.717, 1.165) is 11.0 Å². The number of amides is 2. The van der Waals surface area contributed by atoms with Crippen LogP contribution in [-0.4, -0.2) is 34.0 Å². The standard InChI is InChI=1S/C15H20N4O3/c1-3-16-14(21)10-17-13(20)8-9-19-12-7-5-4-6-11(12)18(2)15(19)22/h4-7H,3,8-10H2,1-2H3,(H,16,21)(H,17,20). The normalized spacial score (nSPS) is 10.6. The van der Waals surface area contributed by atoms with E-state index in [1.807, 2.05) is 31.2 Å². The highest BCUT2D eigenvalue weighted by Gasteiger charge is 2.11. The van der Waals surface area contributed by atoms with Crippen molar-refractivity contribution in [2.75, 3.05) is 13.1 Å². The number of rotatable bonds is 6. The van der Waals surface area contributed by atoms with Crippen molar-refractivity contribution >= 4 is 22.8 Å². The highest BCUT2D eigenvalue weighted by Crippen LogP contribution is 2.11. The Morgan fingerprint density at radius 3 is 2.45 bits per heavy atom. The predicted octanol–water partition coefficient (Wildman–Crippen LogP) is -0.0176. The van der Waals surface area contributed by atoms with E-state index in [1.54, 1.807) is 16.2 Å². The molecule has 7 nitrogen and oxygen atoms in total.